The molecule has 0 fully saturated rings. The predicted octanol–water partition coefficient (Wildman–Crippen LogP) is 4.58. The Hall–Kier alpha value is -0.530. The molecule has 17 heavy (non-hydrogen) atoms. The molecule has 2 nitrogen and oxygen atoms in total. The highest BCUT2D eigenvalue weighted by molar-refractivity contribution is 7.99. The van der Waals surface area contributed by atoms with E-state index in [1.165, 1.54) is 0 Å². The number of halogens is 3. The molecule has 6 heteroatoms. The third kappa shape index (κ3) is 2.83. The van der Waals surface area contributed by atoms with Crippen molar-refractivity contribution in [2.45, 2.75) is 0 Å². The number of hydrogen-bond acceptors (Lipinski definition) is 3. The van der Waals surface area contributed by atoms with Gasteiger partial charge in [0.05, 0.1) is 27.4 Å². The molecular weight excluding hydrogens is 299 g/mol. The van der Waals surface area contributed by atoms with Crippen LogP contribution >= 0.6 is 46.6 Å². The van der Waals surface area contributed by atoms with Gasteiger partial charge < -0.3 is 5.32 Å². The van der Waals surface area contributed by atoms with Gasteiger partial charge in [-0.25, -0.2) is 0 Å². The molecule has 1 aliphatic rings. The van der Waals surface area contributed by atoms with Crippen LogP contribution in [0, 0.1) is 11.3 Å². The van der Waals surface area contributed by atoms with Crippen molar-refractivity contribution in [1.29, 1.82) is 5.26 Å². The number of nitrogens with zero attached hydrogens (tertiary/aromatic N) is 1. The second-order valence-electron chi connectivity index (χ2n) is 3.43. The highest BCUT2D eigenvalue weighted by Gasteiger charge is 2.17. The summed E-state index contributed by atoms with van der Waals surface area (Å²) < 4.78 is 0. The lowest BCUT2D eigenvalue weighted by atomic mass is 10.2. The highest BCUT2D eigenvalue weighted by Crippen LogP contribution is 2.36. The molecule has 1 aromatic carbocycles. The Morgan fingerprint density at radius 2 is 1.82 bits per heavy atom. The van der Waals surface area contributed by atoms with Gasteiger partial charge in [0.1, 0.15) is 0 Å². The average molecular weight is 306 g/mol. The summed E-state index contributed by atoms with van der Waals surface area (Å²) in [6.07, 6.45) is 0. The van der Waals surface area contributed by atoms with E-state index in [0.29, 0.717) is 20.8 Å². The van der Waals surface area contributed by atoms with Gasteiger partial charge in [0.25, 0.3) is 0 Å². The van der Waals surface area contributed by atoms with E-state index in [-0.39, 0.29) is 0 Å². The van der Waals surface area contributed by atoms with Crippen LogP contribution in [0.3, 0.4) is 0 Å². The molecule has 1 aromatic rings. The lowest BCUT2D eigenvalue weighted by Crippen LogP contribution is -2.03. The van der Waals surface area contributed by atoms with Crippen LogP contribution in [0.15, 0.2) is 23.4 Å². The number of anilines is 1. The first kappa shape index (κ1) is 12.9. The summed E-state index contributed by atoms with van der Waals surface area (Å²) in [5, 5.41) is 13.5. The van der Waals surface area contributed by atoms with E-state index in [1.807, 2.05) is 0 Å². The average Bonchev–Trinajstić information content (AvgIpc) is 2.70. The van der Waals surface area contributed by atoms with Crippen molar-refractivity contribution in [2.75, 3.05) is 16.8 Å². The number of nitrogens with one attached hydrogen (secondary N) is 1. The molecule has 0 spiro atoms. The molecule has 88 valence electrons. The molecule has 0 atom stereocenters. The van der Waals surface area contributed by atoms with Crippen LogP contribution in [0.1, 0.15) is 0 Å². The van der Waals surface area contributed by atoms with Crippen molar-refractivity contribution < 1.29 is 0 Å². The van der Waals surface area contributed by atoms with Gasteiger partial charge in [-0.1, -0.05) is 34.8 Å². The van der Waals surface area contributed by atoms with Gasteiger partial charge >= 0.3 is 0 Å². The van der Waals surface area contributed by atoms with E-state index in [1.54, 1.807) is 23.9 Å². The molecular formula is C11H7Cl3N2S. The van der Waals surface area contributed by atoms with E-state index in [0.717, 1.165) is 22.8 Å². The lowest BCUT2D eigenvalue weighted by molar-refractivity contribution is 1.34. The molecule has 0 saturated carbocycles. The first-order valence-electron chi connectivity index (χ1n) is 4.73. The zero-order valence-corrected chi connectivity index (χ0v) is 11.6. The Labute approximate surface area is 119 Å². The quantitative estimate of drug-likeness (QED) is 0.868. The van der Waals surface area contributed by atoms with E-state index in [2.05, 4.69) is 11.4 Å². The van der Waals surface area contributed by atoms with Gasteiger partial charge in [-0.2, -0.15) is 5.26 Å². The summed E-state index contributed by atoms with van der Waals surface area (Å²) in [5.74, 6) is 1.49. The SMILES string of the molecule is N#CC1=C(Nc2c(Cl)cc(Cl)cc2Cl)CSC1. The summed E-state index contributed by atoms with van der Waals surface area (Å²) >= 11 is 19.6. The number of thioether (sulfide) groups is 1. The molecule has 1 aliphatic heterocycles. The molecule has 0 saturated heterocycles. The molecule has 0 unspecified atom stereocenters. The third-order valence-electron chi connectivity index (χ3n) is 2.27. The monoisotopic (exact) mass is 304 g/mol. The minimum absolute atomic E-state index is 0.448. The Balaban J connectivity index is 2.35. The standard InChI is InChI=1S/C11H7Cl3N2S/c12-7-1-8(13)11(9(14)2-7)16-10-5-17-4-6(10)3-15/h1-2,16H,4-5H2. The fraction of sp³-hybridized carbons (Fsp3) is 0.182. The second kappa shape index (κ2) is 5.41. The van der Waals surface area contributed by atoms with E-state index in [4.69, 9.17) is 40.1 Å². The van der Waals surface area contributed by atoms with Crippen LogP contribution in [-0.2, 0) is 0 Å². The van der Waals surface area contributed by atoms with Crippen molar-refractivity contribution in [3.63, 3.8) is 0 Å². The van der Waals surface area contributed by atoms with Crippen molar-refractivity contribution in [3.8, 4) is 6.07 Å². The summed E-state index contributed by atoms with van der Waals surface area (Å²) in [7, 11) is 0. The van der Waals surface area contributed by atoms with Crippen molar-refractivity contribution in [3.05, 3.63) is 38.5 Å². The Kier molecular flexibility index (Phi) is 4.11. The largest absolute Gasteiger partial charge is 0.355 e. The molecule has 2 rings (SSSR count). The zero-order chi connectivity index (χ0) is 12.4. The molecule has 0 aliphatic carbocycles. The van der Waals surface area contributed by atoms with Crippen LogP contribution in [0.4, 0.5) is 5.69 Å². The first-order valence-corrected chi connectivity index (χ1v) is 7.02. The van der Waals surface area contributed by atoms with Gasteiger partial charge in [0, 0.05) is 22.2 Å². The van der Waals surface area contributed by atoms with Crippen LogP contribution in [0.5, 0.6) is 0 Å². The third-order valence-corrected chi connectivity index (χ3v) is 4.07. The second-order valence-corrected chi connectivity index (χ2v) is 5.67. The summed E-state index contributed by atoms with van der Waals surface area (Å²) in [4.78, 5) is 0. The molecule has 0 amide bonds. The Bertz CT molecular complexity index is 511. The van der Waals surface area contributed by atoms with Crippen LogP contribution < -0.4 is 5.32 Å². The minimum atomic E-state index is 0.448. The fourth-order valence-electron chi connectivity index (χ4n) is 1.45. The van der Waals surface area contributed by atoms with E-state index >= 15 is 0 Å². The normalized spacial score (nSPS) is 14.9. The van der Waals surface area contributed by atoms with Crippen molar-refractivity contribution >= 4 is 52.3 Å². The highest BCUT2D eigenvalue weighted by atomic mass is 35.5. The topological polar surface area (TPSA) is 35.8 Å². The minimum Gasteiger partial charge on any atom is -0.355 e. The number of hydrogen-bond donors (Lipinski definition) is 1. The zero-order valence-electron chi connectivity index (χ0n) is 8.56. The van der Waals surface area contributed by atoms with Crippen molar-refractivity contribution in [1.82, 2.24) is 0 Å². The van der Waals surface area contributed by atoms with Crippen LogP contribution in [0.25, 0.3) is 0 Å². The summed E-state index contributed by atoms with van der Waals surface area (Å²) in [6.45, 7) is 0. The molecule has 0 aromatic heterocycles. The summed E-state index contributed by atoms with van der Waals surface area (Å²) in [6, 6.07) is 5.40. The maximum Gasteiger partial charge on any atom is 0.0974 e. The smallest absolute Gasteiger partial charge is 0.0974 e. The molecule has 1 N–H and O–H groups in total. The molecule has 0 radical (unpaired) electrons. The molecule has 1 heterocycles. The van der Waals surface area contributed by atoms with Crippen molar-refractivity contribution in [2.24, 2.45) is 0 Å². The van der Waals surface area contributed by atoms with Gasteiger partial charge in [-0.15, -0.1) is 11.8 Å². The Morgan fingerprint density at radius 1 is 1.18 bits per heavy atom. The van der Waals surface area contributed by atoms with E-state index < -0.39 is 0 Å². The predicted molar refractivity (Wildman–Crippen MR) is 75.1 cm³/mol. The van der Waals surface area contributed by atoms with Gasteiger partial charge in [-0.3, -0.25) is 0 Å². The van der Waals surface area contributed by atoms with Crippen LogP contribution in [-0.4, -0.2) is 11.5 Å². The summed E-state index contributed by atoms with van der Waals surface area (Å²) in [5.41, 5.74) is 2.20. The van der Waals surface area contributed by atoms with Gasteiger partial charge in [-0.05, 0) is 12.1 Å². The fourth-order valence-corrected chi connectivity index (χ4v) is 3.36. The maximum absolute atomic E-state index is 8.95. The number of benzene rings is 1. The van der Waals surface area contributed by atoms with Gasteiger partial charge in [0.15, 0.2) is 0 Å². The van der Waals surface area contributed by atoms with Crippen LogP contribution in [0.2, 0.25) is 15.1 Å². The maximum atomic E-state index is 8.95. The number of nitriles is 1. The Morgan fingerprint density at radius 3 is 2.41 bits per heavy atom. The molecule has 0 bridgehead atoms. The number of rotatable bonds is 2. The lowest BCUT2D eigenvalue weighted by Gasteiger charge is -2.11. The van der Waals surface area contributed by atoms with Gasteiger partial charge in [0.2, 0.25) is 0 Å². The van der Waals surface area contributed by atoms with E-state index in [9.17, 15) is 0 Å². The first-order chi connectivity index (χ1) is 8.11.